The molecule has 1 saturated heterocycles. The number of rotatable bonds is 5. The van der Waals surface area contributed by atoms with Gasteiger partial charge in [0.1, 0.15) is 12.1 Å². The van der Waals surface area contributed by atoms with Crippen molar-refractivity contribution in [2.75, 3.05) is 25.1 Å². The molecule has 2 aromatic rings. The van der Waals surface area contributed by atoms with Crippen LogP contribution < -0.4 is 10.2 Å². The van der Waals surface area contributed by atoms with Crippen molar-refractivity contribution in [1.29, 1.82) is 0 Å². The van der Waals surface area contributed by atoms with Crippen molar-refractivity contribution in [1.82, 2.24) is 20.3 Å². The van der Waals surface area contributed by atoms with Crippen LogP contribution in [0.5, 0.6) is 0 Å². The summed E-state index contributed by atoms with van der Waals surface area (Å²) in [4.78, 5) is 26.3. The maximum atomic E-state index is 12.0. The molecule has 3 heterocycles. The van der Waals surface area contributed by atoms with Gasteiger partial charge in [-0.15, -0.1) is 0 Å². The summed E-state index contributed by atoms with van der Waals surface area (Å²) in [7, 11) is 1.70. The van der Waals surface area contributed by atoms with E-state index >= 15 is 0 Å². The lowest BCUT2D eigenvalue weighted by Gasteiger charge is -2.25. The highest BCUT2D eigenvalue weighted by atomic mass is 16.5. The van der Waals surface area contributed by atoms with E-state index in [1.54, 1.807) is 13.4 Å². The number of anilines is 1. The van der Waals surface area contributed by atoms with Gasteiger partial charge in [0.25, 0.3) is 5.91 Å². The van der Waals surface area contributed by atoms with E-state index in [1.165, 1.54) is 12.6 Å². The molecule has 23 heavy (non-hydrogen) atoms. The SMILES string of the molecule is CO[C@H]1C[C@@H](CNC(=O)c2cnco2)N(c2cc(C)ncn2)C1. The number of aromatic nitrogens is 3. The van der Waals surface area contributed by atoms with Crippen molar-refractivity contribution in [2.45, 2.75) is 25.5 Å². The first-order valence-electron chi connectivity index (χ1n) is 7.42. The minimum atomic E-state index is -0.276. The molecular formula is C15H19N5O3. The number of hydrogen-bond donors (Lipinski definition) is 1. The second-order valence-corrected chi connectivity index (χ2v) is 5.49. The van der Waals surface area contributed by atoms with Gasteiger partial charge in [0, 0.05) is 32.0 Å². The van der Waals surface area contributed by atoms with Crippen LogP contribution >= 0.6 is 0 Å². The lowest BCUT2D eigenvalue weighted by Crippen LogP contribution is -2.40. The van der Waals surface area contributed by atoms with Crippen LogP contribution in [0, 0.1) is 6.92 Å². The summed E-state index contributed by atoms with van der Waals surface area (Å²) in [6.45, 7) is 3.13. The number of carbonyl (C=O) groups is 1. The van der Waals surface area contributed by atoms with Crippen LogP contribution in [0.1, 0.15) is 22.7 Å². The van der Waals surface area contributed by atoms with Gasteiger partial charge in [0.15, 0.2) is 6.39 Å². The molecule has 2 atom stereocenters. The van der Waals surface area contributed by atoms with Crippen molar-refractivity contribution in [3.8, 4) is 0 Å². The van der Waals surface area contributed by atoms with Gasteiger partial charge in [-0.1, -0.05) is 0 Å². The van der Waals surface area contributed by atoms with E-state index in [1.807, 2.05) is 13.0 Å². The fourth-order valence-corrected chi connectivity index (χ4v) is 2.74. The van der Waals surface area contributed by atoms with E-state index in [0.29, 0.717) is 6.54 Å². The Kier molecular flexibility index (Phi) is 4.52. The van der Waals surface area contributed by atoms with Crippen molar-refractivity contribution in [2.24, 2.45) is 0 Å². The highest BCUT2D eigenvalue weighted by molar-refractivity contribution is 5.91. The molecular weight excluding hydrogens is 298 g/mol. The van der Waals surface area contributed by atoms with Crippen molar-refractivity contribution in [3.05, 3.63) is 36.4 Å². The quantitative estimate of drug-likeness (QED) is 0.871. The first-order valence-corrected chi connectivity index (χ1v) is 7.42. The standard InChI is InChI=1S/C15H19N5O3/c1-10-3-14(19-8-18-10)20-7-12(22-2)4-11(20)5-17-15(21)13-6-16-9-23-13/h3,6,8-9,11-12H,4-5,7H2,1-2H3,(H,17,21)/t11-,12-/m0/s1. The Morgan fingerprint density at radius 3 is 3.09 bits per heavy atom. The number of ether oxygens (including phenoxy) is 1. The van der Waals surface area contributed by atoms with Crippen molar-refractivity contribution in [3.63, 3.8) is 0 Å². The summed E-state index contributed by atoms with van der Waals surface area (Å²) in [6, 6.07) is 2.03. The molecule has 8 heteroatoms. The van der Waals surface area contributed by atoms with E-state index in [4.69, 9.17) is 9.15 Å². The van der Waals surface area contributed by atoms with Gasteiger partial charge >= 0.3 is 0 Å². The maximum Gasteiger partial charge on any atom is 0.288 e. The molecule has 1 amide bonds. The van der Waals surface area contributed by atoms with Crippen LogP contribution in [0.4, 0.5) is 5.82 Å². The predicted molar refractivity (Wildman–Crippen MR) is 82.2 cm³/mol. The largest absolute Gasteiger partial charge is 0.438 e. The topological polar surface area (TPSA) is 93.4 Å². The average Bonchev–Trinajstić information content (AvgIpc) is 3.22. The number of oxazole rings is 1. The second-order valence-electron chi connectivity index (χ2n) is 5.49. The Morgan fingerprint density at radius 2 is 2.39 bits per heavy atom. The van der Waals surface area contributed by atoms with E-state index in [9.17, 15) is 4.79 Å². The molecule has 0 aliphatic carbocycles. The molecule has 0 radical (unpaired) electrons. The van der Waals surface area contributed by atoms with Crippen molar-refractivity contribution < 1.29 is 13.9 Å². The Bertz CT molecular complexity index is 661. The highest BCUT2D eigenvalue weighted by Crippen LogP contribution is 2.25. The lowest BCUT2D eigenvalue weighted by molar-refractivity contribution is 0.0919. The minimum Gasteiger partial charge on any atom is -0.438 e. The zero-order valence-electron chi connectivity index (χ0n) is 13.1. The summed E-state index contributed by atoms with van der Waals surface area (Å²) in [5.41, 5.74) is 0.903. The summed E-state index contributed by atoms with van der Waals surface area (Å²) in [5.74, 6) is 0.772. The molecule has 1 aliphatic rings. The normalized spacial score (nSPS) is 20.7. The van der Waals surface area contributed by atoms with E-state index in [2.05, 4.69) is 25.2 Å². The summed E-state index contributed by atoms with van der Waals surface area (Å²) < 4.78 is 10.5. The fraction of sp³-hybridized carbons (Fsp3) is 0.467. The zero-order valence-corrected chi connectivity index (χ0v) is 13.1. The van der Waals surface area contributed by atoms with Gasteiger partial charge in [-0.25, -0.2) is 15.0 Å². The molecule has 3 rings (SSSR count). The number of nitrogens with zero attached hydrogens (tertiary/aromatic N) is 4. The van der Waals surface area contributed by atoms with Gasteiger partial charge in [-0.05, 0) is 13.3 Å². The summed E-state index contributed by atoms with van der Waals surface area (Å²) >= 11 is 0. The molecule has 0 unspecified atom stereocenters. The molecule has 122 valence electrons. The Hall–Kier alpha value is -2.48. The highest BCUT2D eigenvalue weighted by Gasteiger charge is 2.33. The Labute approximate surface area is 133 Å². The van der Waals surface area contributed by atoms with Crippen LogP contribution in [0.3, 0.4) is 0 Å². The molecule has 0 aromatic carbocycles. The maximum absolute atomic E-state index is 12.0. The van der Waals surface area contributed by atoms with Crippen LogP contribution in [-0.2, 0) is 4.74 Å². The molecule has 0 bridgehead atoms. The number of carbonyl (C=O) groups excluding carboxylic acids is 1. The number of amides is 1. The molecule has 0 spiro atoms. The molecule has 1 fully saturated rings. The van der Waals surface area contributed by atoms with E-state index < -0.39 is 0 Å². The van der Waals surface area contributed by atoms with Gasteiger partial charge in [-0.3, -0.25) is 4.79 Å². The smallest absolute Gasteiger partial charge is 0.288 e. The van der Waals surface area contributed by atoms with Crippen LogP contribution in [0.2, 0.25) is 0 Å². The first kappa shape index (κ1) is 15.4. The summed E-state index contributed by atoms with van der Waals surface area (Å²) in [5, 5.41) is 2.87. The monoisotopic (exact) mass is 317 g/mol. The third-order valence-electron chi connectivity index (χ3n) is 3.95. The molecule has 1 N–H and O–H groups in total. The number of aryl methyl sites for hydroxylation is 1. The van der Waals surface area contributed by atoms with E-state index in [0.717, 1.165) is 24.5 Å². The van der Waals surface area contributed by atoms with Gasteiger partial charge in [-0.2, -0.15) is 0 Å². The zero-order chi connectivity index (χ0) is 16.2. The average molecular weight is 317 g/mol. The number of methoxy groups -OCH3 is 1. The molecule has 2 aromatic heterocycles. The predicted octanol–water partition coefficient (Wildman–Crippen LogP) is 0.797. The van der Waals surface area contributed by atoms with Gasteiger partial charge < -0.3 is 19.4 Å². The second kappa shape index (κ2) is 6.74. The lowest BCUT2D eigenvalue weighted by atomic mass is 10.2. The Balaban J connectivity index is 1.69. The molecule has 1 aliphatic heterocycles. The van der Waals surface area contributed by atoms with Crippen molar-refractivity contribution >= 4 is 11.7 Å². The molecule has 8 nitrogen and oxygen atoms in total. The Morgan fingerprint density at radius 1 is 1.52 bits per heavy atom. The van der Waals surface area contributed by atoms with Gasteiger partial charge in [0.05, 0.1) is 18.3 Å². The fourth-order valence-electron chi connectivity index (χ4n) is 2.74. The van der Waals surface area contributed by atoms with E-state index in [-0.39, 0.29) is 23.8 Å². The van der Waals surface area contributed by atoms with Crippen LogP contribution in [0.25, 0.3) is 0 Å². The third-order valence-corrected chi connectivity index (χ3v) is 3.95. The number of hydrogen-bond acceptors (Lipinski definition) is 7. The minimum absolute atomic E-state index is 0.0983. The third kappa shape index (κ3) is 3.48. The number of nitrogens with one attached hydrogen (secondary N) is 1. The summed E-state index contributed by atoms with van der Waals surface area (Å²) in [6.07, 6.45) is 5.11. The first-order chi connectivity index (χ1) is 11.2. The van der Waals surface area contributed by atoms with Gasteiger partial charge in [0.2, 0.25) is 5.76 Å². The van der Waals surface area contributed by atoms with Crippen LogP contribution in [-0.4, -0.2) is 53.2 Å². The van der Waals surface area contributed by atoms with Crippen LogP contribution in [0.15, 0.2) is 29.4 Å². The molecule has 0 saturated carbocycles.